The number of ether oxygens (including phenoxy) is 1. The molecule has 1 unspecified atom stereocenters. The number of tetrazole rings is 1. The average molecular weight is 423 g/mol. The molecule has 1 N–H and O–H groups in total. The number of nitrogens with zero attached hydrogens (tertiary/aromatic N) is 4. The van der Waals surface area contributed by atoms with Gasteiger partial charge in [-0.2, -0.15) is 0 Å². The van der Waals surface area contributed by atoms with E-state index < -0.39 is 6.10 Å². The van der Waals surface area contributed by atoms with Crippen molar-refractivity contribution < 1.29 is 9.53 Å². The second-order valence-corrected chi connectivity index (χ2v) is 6.42. The SMILES string of the molecule is CC(Oc1ccc(Cl)cc1Br)C(=O)Nc1cccc(-n2cnnn2)c1. The Balaban J connectivity index is 1.68. The van der Waals surface area contributed by atoms with Gasteiger partial charge >= 0.3 is 0 Å². The van der Waals surface area contributed by atoms with Gasteiger partial charge in [-0.05, 0) is 69.7 Å². The zero-order chi connectivity index (χ0) is 17.8. The molecule has 0 spiro atoms. The van der Waals surface area contributed by atoms with Crippen LogP contribution in [0.4, 0.5) is 5.69 Å². The molecule has 1 heterocycles. The molecule has 1 amide bonds. The van der Waals surface area contributed by atoms with Gasteiger partial charge in [0.2, 0.25) is 0 Å². The Morgan fingerprint density at radius 3 is 2.88 bits per heavy atom. The number of rotatable bonds is 5. The Kier molecular flexibility index (Phi) is 5.30. The molecule has 0 bridgehead atoms. The molecule has 25 heavy (non-hydrogen) atoms. The van der Waals surface area contributed by atoms with Gasteiger partial charge in [0, 0.05) is 10.7 Å². The number of anilines is 1. The molecule has 1 atom stereocenters. The highest BCUT2D eigenvalue weighted by molar-refractivity contribution is 9.10. The Morgan fingerprint density at radius 2 is 2.16 bits per heavy atom. The highest BCUT2D eigenvalue weighted by Gasteiger charge is 2.16. The third kappa shape index (κ3) is 4.34. The standard InChI is InChI=1S/C16H13BrClN5O2/c1-10(25-15-6-5-11(18)7-14(15)17)16(24)20-12-3-2-4-13(8-12)23-9-19-21-22-23/h2-10H,1H3,(H,20,24). The van der Waals surface area contributed by atoms with Crippen molar-refractivity contribution >= 4 is 39.1 Å². The van der Waals surface area contributed by atoms with Crippen molar-refractivity contribution in [2.45, 2.75) is 13.0 Å². The van der Waals surface area contributed by atoms with Gasteiger partial charge in [-0.25, -0.2) is 4.68 Å². The fourth-order valence-electron chi connectivity index (χ4n) is 2.06. The molecule has 7 nitrogen and oxygen atoms in total. The summed E-state index contributed by atoms with van der Waals surface area (Å²) in [6.45, 7) is 1.67. The minimum absolute atomic E-state index is 0.282. The largest absolute Gasteiger partial charge is 0.480 e. The first kappa shape index (κ1) is 17.4. The van der Waals surface area contributed by atoms with Crippen molar-refractivity contribution in [3.8, 4) is 11.4 Å². The molecule has 0 saturated carbocycles. The van der Waals surface area contributed by atoms with Gasteiger partial charge in [-0.15, -0.1) is 5.10 Å². The van der Waals surface area contributed by atoms with Crippen LogP contribution in [0.3, 0.4) is 0 Å². The second kappa shape index (κ2) is 7.62. The number of nitrogens with one attached hydrogen (secondary N) is 1. The first-order valence-electron chi connectivity index (χ1n) is 7.29. The van der Waals surface area contributed by atoms with Crippen molar-refractivity contribution in [1.82, 2.24) is 20.2 Å². The number of carbonyl (C=O) groups excluding carboxylic acids is 1. The van der Waals surface area contributed by atoms with E-state index >= 15 is 0 Å². The van der Waals surface area contributed by atoms with Crippen LogP contribution in [0.15, 0.2) is 53.3 Å². The average Bonchev–Trinajstić information content (AvgIpc) is 3.12. The van der Waals surface area contributed by atoms with Crippen LogP contribution < -0.4 is 10.1 Å². The predicted octanol–water partition coefficient (Wildman–Crippen LogP) is 3.48. The smallest absolute Gasteiger partial charge is 0.265 e. The minimum Gasteiger partial charge on any atom is -0.480 e. The molecule has 0 aliphatic heterocycles. The molecular formula is C16H13BrClN5O2. The number of amides is 1. The van der Waals surface area contributed by atoms with Crippen molar-refractivity contribution in [3.63, 3.8) is 0 Å². The summed E-state index contributed by atoms with van der Waals surface area (Å²) in [6, 6.07) is 12.3. The molecular weight excluding hydrogens is 410 g/mol. The molecule has 0 aliphatic rings. The zero-order valence-electron chi connectivity index (χ0n) is 13.1. The number of hydrogen-bond donors (Lipinski definition) is 1. The molecule has 0 saturated heterocycles. The number of benzene rings is 2. The minimum atomic E-state index is -0.700. The lowest BCUT2D eigenvalue weighted by molar-refractivity contribution is -0.122. The van der Waals surface area contributed by atoms with E-state index in [9.17, 15) is 4.79 Å². The van der Waals surface area contributed by atoms with Crippen LogP contribution in [0.25, 0.3) is 5.69 Å². The first-order valence-corrected chi connectivity index (χ1v) is 8.46. The van der Waals surface area contributed by atoms with Gasteiger partial charge in [-0.1, -0.05) is 17.7 Å². The van der Waals surface area contributed by atoms with Gasteiger partial charge < -0.3 is 10.1 Å². The first-order chi connectivity index (χ1) is 12.0. The molecule has 3 rings (SSSR count). The summed E-state index contributed by atoms with van der Waals surface area (Å²) < 4.78 is 7.86. The fourth-order valence-corrected chi connectivity index (χ4v) is 2.84. The summed E-state index contributed by atoms with van der Waals surface area (Å²) >= 11 is 9.26. The molecule has 0 fully saturated rings. The summed E-state index contributed by atoms with van der Waals surface area (Å²) in [6.07, 6.45) is 0.777. The molecule has 1 aromatic heterocycles. The van der Waals surface area contributed by atoms with Crippen molar-refractivity contribution in [2.24, 2.45) is 0 Å². The third-order valence-electron chi connectivity index (χ3n) is 3.29. The normalized spacial score (nSPS) is 11.8. The molecule has 9 heteroatoms. The van der Waals surface area contributed by atoms with E-state index in [0.717, 1.165) is 5.69 Å². The highest BCUT2D eigenvalue weighted by Crippen LogP contribution is 2.29. The Morgan fingerprint density at radius 1 is 1.32 bits per heavy atom. The molecule has 0 radical (unpaired) electrons. The topological polar surface area (TPSA) is 81.9 Å². The Labute approximate surface area is 157 Å². The summed E-state index contributed by atoms with van der Waals surface area (Å²) in [5, 5.41) is 14.4. The summed E-state index contributed by atoms with van der Waals surface area (Å²) in [7, 11) is 0. The van der Waals surface area contributed by atoms with E-state index in [2.05, 4.69) is 36.8 Å². The quantitative estimate of drug-likeness (QED) is 0.681. The summed E-state index contributed by atoms with van der Waals surface area (Å²) in [5.41, 5.74) is 1.35. The van der Waals surface area contributed by atoms with E-state index in [4.69, 9.17) is 16.3 Å². The van der Waals surface area contributed by atoms with Crippen molar-refractivity contribution in [1.29, 1.82) is 0 Å². The number of halogens is 2. The van der Waals surface area contributed by atoms with E-state index in [1.54, 1.807) is 43.3 Å². The lowest BCUT2D eigenvalue weighted by Gasteiger charge is -2.16. The molecule has 2 aromatic carbocycles. The monoisotopic (exact) mass is 421 g/mol. The maximum Gasteiger partial charge on any atom is 0.265 e. The van der Waals surface area contributed by atoms with Crippen LogP contribution in [0.1, 0.15) is 6.92 Å². The maximum absolute atomic E-state index is 12.4. The summed E-state index contributed by atoms with van der Waals surface area (Å²) in [5.74, 6) is 0.255. The molecule has 0 aliphatic carbocycles. The van der Waals surface area contributed by atoms with E-state index in [-0.39, 0.29) is 5.91 Å². The fraction of sp³-hybridized carbons (Fsp3) is 0.125. The van der Waals surface area contributed by atoms with Crippen molar-refractivity contribution in [3.05, 3.63) is 58.3 Å². The molecule has 3 aromatic rings. The number of carbonyl (C=O) groups is 1. The van der Waals surface area contributed by atoms with Crippen LogP contribution in [0.5, 0.6) is 5.75 Å². The van der Waals surface area contributed by atoms with Crippen LogP contribution in [-0.4, -0.2) is 32.2 Å². The predicted molar refractivity (Wildman–Crippen MR) is 97.0 cm³/mol. The van der Waals surface area contributed by atoms with E-state index in [1.165, 1.54) is 11.0 Å². The van der Waals surface area contributed by atoms with Crippen LogP contribution in [-0.2, 0) is 4.79 Å². The van der Waals surface area contributed by atoms with Gasteiger partial charge in [0.1, 0.15) is 12.1 Å². The van der Waals surface area contributed by atoms with Crippen LogP contribution in [0.2, 0.25) is 5.02 Å². The maximum atomic E-state index is 12.4. The second-order valence-electron chi connectivity index (χ2n) is 5.13. The van der Waals surface area contributed by atoms with Gasteiger partial charge in [0.15, 0.2) is 6.10 Å². The van der Waals surface area contributed by atoms with Crippen LogP contribution in [0, 0.1) is 0 Å². The molecule has 128 valence electrons. The Bertz CT molecular complexity index is 888. The van der Waals surface area contributed by atoms with Gasteiger partial charge in [0.25, 0.3) is 5.91 Å². The van der Waals surface area contributed by atoms with E-state index in [0.29, 0.717) is 20.9 Å². The lowest BCUT2D eigenvalue weighted by Crippen LogP contribution is -2.30. The third-order valence-corrected chi connectivity index (χ3v) is 4.15. The lowest BCUT2D eigenvalue weighted by atomic mass is 10.2. The summed E-state index contributed by atoms with van der Waals surface area (Å²) in [4.78, 5) is 12.4. The van der Waals surface area contributed by atoms with E-state index in [1.807, 2.05) is 6.07 Å². The van der Waals surface area contributed by atoms with Crippen molar-refractivity contribution in [2.75, 3.05) is 5.32 Å². The number of hydrogen-bond acceptors (Lipinski definition) is 5. The number of aromatic nitrogens is 4. The van der Waals surface area contributed by atoms with Gasteiger partial charge in [0.05, 0.1) is 10.2 Å². The Hall–Kier alpha value is -2.45. The highest BCUT2D eigenvalue weighted by atomic mass is 79.9. The van der Waals surface area contributed by atoms with Crippen LogP contribution >= 0.6 is 27.5 Å². The zero-order valence-corrected chi connectivity index (χ0v) is 15.4. The van der Waals surface area contributed by atoms with Gasteiger partial charge in [-0.3, -0.25) is 4.79 Å².